The number of halogens is 4. The van der Waals surface area contributed by atoms with Gasteiger partial charge in [-0.2, -0.15) is 23.5 Å². The molecule has 2 aromatic heterocycles. The van der Waals surface area contributed by atoms with Crippen molar-refractivity contribution in [1.82, 2.24) is 30.3 Å². The van der Waals surface area contributed by atoms with E-state index in [0.29, 0.717) is 41.7 Å². The summed E-state index contributed by atoms with van der Waals surface area (Å²) < 4.78 is 49.2. The molecule has 1 saturated heterocycles. The molecule has 14 heteroatoms. The van der Waals surface area contributed by atoms with E-state index in [0.717, 1.165) is 12.8 Å². The Labute approximate surface area is 235 Å². The van der Waals surface area contributed by atoms with Crippen LogP contribution in [0.4, 0.5) is 17.6 Å². The topological polar surface area (TPSA) is 133 Å². The summed E-state index contributed by atoms with van der Waals surface area (Å²) in [6, 6.07) is 1.19. The number of terminal acetylenes is 1. The first-order valence-corrected chi connectivity index (χ1v) is 12.7. The molecule has 0 bridgehead atoms. The number of aryl methyl sites for hydroxylation is 1. The lowest BCUT2D eigenvalue weighted by molar-refractivity contribution is -0.174. The number of hydrogen-bond donors (Lipinski definition) is 2. The van der Waals surface area contributed by atoms with Gasteiger partial charge in [-0.05, 0) is 37.0 Å². The van der Waals surface area contributed by atoms with Crippen molar-refractivity contribution < 1.29 is 31.9 Å². The molecule has 4 rings (SSSR count). The zero-order valence-corrected chi connectivity index (χ0v) is 23.5. The summed E-state index contributed by atoms with van der Waals surface area (Å²) in [5, 5.41) is 17.9. The SMILES string of the molecule is C#Cc1nn(C)c2cncc(C(C#N)NC=O)c12.CC1(F)CC1.C[C@H]1CN(C(=O)CNC(=O)C(F)(F)F)CC1(C)C. The zero-order valence-electron chi connectivity index (χ0n) is 23.5. The number of rotatable bonds is 5. The van der Waals surface area contributed by atoms with E-state index < -0.39 is 36.2 Å². The standard InChI is InChI=1S/C12H9N5O.C11H17F3N2O2.C4H7F/c1-3-9-12-8(10(4-13)15-7-18)5-14-6-11(12)17(2)16-9;1-7-5-16(6-10(7,2)3)8(17)4-15-9(18)11(12,13)14;1-4(5)2-3-4/h1,5-7,10H,2H3,(H,15,18);7H,4-6H2,1-3H3,(H,15,18);2-3H2,1H3/t;7-;/m.0./s1. The summed E-state index contributed by atoms with van der Waals surface area (Å²) >= 11 is 0. The summed E-state index contributed by atoms with van der Waals surface area (Å²) in [7, 11) is 1.74. The number of nitrogens with zero attached hydrogens (tertiary/aromatic N) is 5. The van der Waals surface area contributed by atoms with Crippen LogP contribution in [0.5, 0.6) is 0 Å². The molecule has 1 aliphatic carbocycles. The number of amides is 3. The van der Waals surface area contributed by atoms with Crippen LogP contribution >= 0.6 is 0 Å². The van der Waals surface area contributed by atoms with E-state index in [1.807, 2.05) is 26.8 Å². The van der Waals surface area contributed by atoms with E-state index in [1.165, 1.54) is 11.1 Å². The van der Waals surface area contributed by atoms with Crippen molar-refractivity contribution in [2.75, 3.05) is 19.6 Å². The van der Waals surface area contributed by atoms with Crippen LogP contribution in [-0.2, 0) is 21.4 Å². The number of likely N-dealkylation sites (tertiary alicyclic amines) is 1. The number of aromatic nitrogens is 3. The van der Waals surface area contributed by atoms with Gasteiger partial charge >= 0.3 is 12.1 Å². The molecule has 2 atom stereocenters. The van der Waals surface area contributed by atoms with Gasteiger partial charge in [-0.3, -0.25) is 24.0 Å². The summed E-state index contributed by atoms with van der Waals surface area (Å²) in [6.45, 7) is 8.01. The van der Waals surface area contributed by atoms with E-state index in [4.69, 9.17) is 11.7 Å². The Morgan fingerprint density at radius 3 is 2.34 bits per heavy atom. The second-order valence-electron chi connectivity index (χ2n) is 10.8. The van der Waals surface area contributed by atoms with Crippen molar-refractivity contribution in [3.63, 3.8) is 0 Å². The van der Waals surface area contributed by atoms with Crippen LogP contribution in [-0.4, -0.2) is 69.4 Å². The highest BCUT2D eigenvalue weighted by atomic mass is 19.4. The fourth-order valence-electron chi connectivity index (χ4n) is 3.83. The lowest BCUT2D eigenvalue weighted by Crippen LogP contribution is -2.44. The van der Waals surface area contributed by atoms with Gasteiger partial charge in [0.25, 0.3) is 0 Å². The number of alkyl halides is 4. The minimum Gasteiger partial charge on any atom is -0.340 e. The summed E-state index contributed by atoms with van der Waals surface area (Å²) in [5.74, 6) is 0.182. The summed E-state index contributed by atoms with van der Waals surface area (Å²) in [6.07, 6.45) is 5.61. The van der Waals surface area contributed by atoms with E-state index in [9.17, 15) is 31.9 Å². The molecule has 41 heavy (non-hydrogen) atoms. The molecule has 1 unspecified atom stereocenters. The van der Waals surface area contributed by atoms with Crippen LogP contribution in [0.1, 0.15) is 57.8 Å². The smallest absolute Gasteiger partial charge is 0.340 e. The number of carbonyl (C=O) groups is 3. The lowest BCUT2D eigenvalue weighted by atomic mass is 9.84. The number of carbonyl (C=O) groups excluding carboxylic acids is 3. The second kappa shape index (κ2) is 13.0. The Balaban J connectivity index is 0.000000245. The molecule has 3 heterocycles. The minimum atomic E-state index is -4.95. The van der Waals surface area contributed by atoms with Crippen LogP contribution in [0.25, 0.3) is 10.9 Å². The maximum absolute atomic E-state index is 11.9. The molecule has 222 valence electrons. The predicted molar refractivity (Wildman–Crippen MR) is 141 cm³/mol. The number of pyridine rings is 1. The first-order chi connectivity index (χ1) is 19.0. The molecule has 0 aromatic carbocycles. The highest BCUT2D eigenvalue weighted by Crippen LogP contribution is 2.38. The van der Waals surface area contributed by atoms with Crippen molar-refractivity contribution in [2.45, 2.75) is 58.4 Å². The third-order valence-corrected chi connectivity index (χ3v) is 6.98. The Morgan fingerprint density at radius 1 is 1.29 bits per heavy atom. The fraction of sp³-hybridized carbons (Fsp3) is 0.556. The van der Waals surface area contributed by atoms with Crippen LogP contribution < -0.4 is 10.6 Å². The first kappa shape index (κ1) is 33.0. The monoisotopic (exact) mass is 579 g/mol. The largest absolute Gasteiger partial charge is 0.471 e. The number of nitriles is 1. The van der Waals surface area contributed by atoms with Gasteiger partial charge < -0.3 is 15.5 Å². The molecular formula is C27H33F4N7O3. The van der Waals surface area contributed by atoms with Crippen molar-refractivity contribution >= 4 is 29.1 Å². The van der Waals surface area contributed by atoms with E-state index >= 15 is 0 Å². The van der Waals surface area contributed by atoms with Crippen LogP contribution in [0.2, 0.25) is 0 Å². The van der Waals surface area contributed by atoms with Crippen LogP contribution in [0, 0.1) is 35.0 Å². The van der Waals surface area contributed by atoms with Crippen molar-refractivity contribution in [1.29, 1.82) is 5.26 Å². The number of hydrogen-bond acceptors (Lipinski definition) is 6. The van der Waals surface area contributed by atoms with Gasteiger partial charge in [0.15, 0.2) is 0 Å². The second-order valence-corrected chi connectivity index (χ2v) is 10.8. The fourth-order valence-corrected chi connectivity index (χ4v) is 3.83. The Hall–Kier alpha value is -4.20. The molecule has 2 fully saturated rings. The minimum absolute atomic E-state index is 0.0519. The van der Waals surface area contributed by atoms with Gasteiger partial charge in [0.2, 0.25) is 12.3 Å². The molecule has 2 aliphatic rings. The summed E-state index contributed by atoms with van der Waals surface area (Å²) in [5.41, 5.74) is 0.887. The molecule has 0 radical (unpaired) electrons. The van der Waals surface area contributed by atoms with Gasteiger partial charge in [0.1, 0.15) is 17.4 Å². The normalized spacial score (nSPS) is 18.8. The van der Waals surface area contributed by atoms with Gasteiger partial charge in [0.05, 0.1) is 24.3 Å². The Kier molecular flexibility index (Phi) is 10.4. The molecular weight excluding hydrogens is 546 g/mol. The molecule has 0 spiro atoms. The van der Waals surface area contributed by atoms with E-state index in [2.05, 4.69) is 21.3 Å². The molecule has 10 nitrogen and oxygen atoms in total. The number of fused-ring (bicyclic) bond motifs is 1. The molecule has 2 aromatic rings. The van der Waals surface area contributed by atoms with Crippen LogP contribution in [0.15, 0.2) is 12.4 Å². The highest BCUT2D eigenvalue weighted by Gasteiger charge is 2.41. The quantitative estimate of drug-likeness (QED) is 0.318. The van der Waals surface area contributed by atoms with Crippen molar-refractivity contribution in [3.8, 4) is 18.4 Å². The first-order valence-electron chi connectivity index (χ1n) is 12.7. The average molecular weight is 580 g/mol. The van der Waals surface area contributed by atoms with Gasteiger partial charge in [-0.1, -0.05) is 20.8 Å². The lowest BCUT2D eigenvalue weighted by Gasteiger charge is -2.22. The third kappa shape index (κ3) is 8.90. The molecule has 1 aliphatic heterocycles. The maximum atomic E-state index is 11.9. The van der Waals surface area contributed by atoms with Crippen LogP contribution in [0.3, 0.4) is 0 Å². The molecule has 1 saturated carbocycles. The van der Waals surface area contributed by atoms with Gasteiger partial charge in [-0.25, -0.2) is 4.39 Å². The molecule has 2 N–H and O–H groups in total. The van der Waals surface area contributed by atoms with E-state index in [1.54, 1.807) is 30.2 Å². The summed E-state index contributed by atoms with van der Waals surface area (Å²) in [4.78, 5) is 38.2. The zero-order chi connectivity index (χ0) is 31.2. The Morgan fingerprint density at radius 2 is 1.90 bits per heavy atom. The van der Waals surface area contributed by atoms with Crippen molar-refractivity contribution in [3.05, 3.63) is 23.7 Å². The Bertz CT molecular complexity index is 1350. The predicted octanol–water partition coefficient (Wildman–Crippen LogP) is 2.94. The number of nitrogens with one attached hydrogen (secondary N) is 2. The third-order valence-electron chi connectivity index (χ3n) is 6.98. The van der Waals surface area contributed by atoms with Gasteiger partial charge in [-0.15, -0.1) is 6.42 Å². The maximum Gasteiger partial charge on any atom is 0.471 e. The van der Waals surface area contributed by atoms with Crippen molar-refractivity contribution in [2.24, 2.45) is 18.4 Å². The van der Waals surface area contributed by atoms with E-state index in [-0.39, 0.29) is 11.3 Å². The van der Waals surface area contributed by atoms with Gasteiger partial charge in [0, 0.05) is 37.3 Å². The highest BCUT2D eigenvalue weighted by molar-refractivity contribution is 5.88. The average Bonchev–Trinajstić information content (AvgIpc) is 3.38. The molecule has 3 amide bonds.